The van der Waals surface area contributed by atoms with Crippen LogP contribution in [0.2, 0.25) is 0 Å². The molecule has 1 unspecified atom stereocenters. The van der Waals surface area contributed by atoms with Crippen molar-refractivity contribution in [3.63, 3.8) is 0 Å². The van der Waals surface area contributed by atoms with Gasteiger partial charge in [0.1, 0.15) is 5.75 Å². The van der Waals surface area contributed by atoms with Crippen LogP contribution in [0.4, 0.5) is 0 Å². The van der Waals surface area contributed by atoms with Crippen molar-refractivity contribution in [3.8, 4) is 5.75 Å². The van der Waals surface area contributed by atoms with Gasteiger partial charge in [0, 0.05) is 16.7 Å². The van der Waals surface area contributed by atoms with Crippen molar-refractivity contribution in [3.05, 3.63) is 132 Å². The third-order valence-corrected chi connectivity index (χ3v) is 6.08. The molecule has 1 heterocycles. The van der Waals surface area contributed by atoms with Crippen molar-refractivity contribution in [1.82, 2.24) is 0 Å². The summed E-state index contributed by atoms with van der Waals surface area (Å²) < 4.78 is 6.92. The highest BCUT2D eigenvalue weighted by Crippen LogP contribution is 2.45. The molecule has 0 aromatic heterocycles. The van der Waals surface area contributed by atoms with Gasteiger partial charge in [-0.05, 0) is 39.8 Å². The second-order valence-electron chi connectivity index (χ2n) is 7.76. The summed E-state index contributed by atoms with van der Waals surface area (Å²) in [5.74, 6) is 0.910. The first-order valence-corrected chi connectivity index (χ1v) is 10.3. The van der Waals surface area contributed by atoms with Gasteiger partial charge >= 0.3 is 0 Å². The predicted octanol–water partition coefficient (Wildman–Crippen LogP) is 7.34. The van der Waals surface area contributed by atoms with E-state index in [-0.39, 0.29) is 0 Å². The summed E-state index contributed by atoms with van der Waals surface area (Å²) in [5.41, 5.74) is 2.73. The van der Waals surface area contributed by atoms with Crippen LogP contribution in [0.3, 0.4) is 0 Å². The van der Waals surface area contributed by atoms with Crippen LogP contribution >= 0.6 is 0 Å². The molecule has 1 nitrogen and oxygen atoms in total. The molecule has 0 saturated carbocycles. The molecular formula is C29H20O. The summed E-state index contributed by atoms with van der Waals surface area (Å²) >= 11 is 0. The molecule has 1 aliphatic heterocycles. The van der Waals surface area contributed by atoms with Gasteiger partial charge in [0.15, 0.2) is 5.60 Å². The molecule has 0 radical (unpaired) electrons. The average molecular weight is 384 g/mol. The number of ether oxygens (including phenoxy) is 1. The third-order valence-electron chi connectivity index (χ3n) is 6.08. The SMILES string of the molecule is C1=CC(c2ccccc2)(c2cccc3ccccc23)Oc2ccc3ccccc3c21. The van der Waals surface area contributed by atoms with Gasteiger partial charge in [-0.1, -0.05) is 103 Å². The van der Waals surface area contributed by atoms with Crippen molar-refractivity contribution in [1.29, 1.82) is 0 Å². The summed E-state index contributed by atoms with van der Waals surface area (Å²) in [6.07, 6.45) is 4.45. The van der Waals surface area contributed by atoms with Gasteiger partial charge in [-0.15, -0.1) is 0 Å². The molecular weight excluding hydrogens is 364 g/mol. The molecule has 0 fully saturated rings. The number of rotatable bonds is 2. The van der Waals surface area contributed by atoms with E-state index >= 15 is 0 Å². The first-order valence-electron chi connectivity index (χ1n) is 10.3. The number of hydrogen-bond donors (Lipinski definition) is 0. The standard InChI is InChI=1S/C29H20O/c1-2-12-23(13-3-1)29(27-16-8-11-21-9-5-7-15-25(21)27)20-19-26-24-14-6-4-10-22(24)17-18-28(26)30-29/h1-20H. The molecule has 0 saturated heterocycles. The highest BCUT2D eigenvalue weighted by atomic mass is 16.5. The Hall–Kier alpha value is -3.84. The number of fused-ring (bicyclic) bond motifs is 4. The molecule has 0 N–H and O–H groups in total. The van der Waals surface area contributed by atoms with E-state index in [1.165, 1.54) is 21.5 Å². The van der Waals surface area contributed by atoms with Crippen LogP contribution < -0.4 is 4.74 Å². The Morgan fingerprint density at radius 2 is 1.20 bits per heavy atom. The van der Waals surface area contributed by atoms with E-state index in [1.807, 2.05) is 6.07 Å². The van der Waals surface area contributed by atoms with Gasteiger partial charge in [-0.25, -0.2) is 0 Å². The van der Waals surface area contributed by atoms with E-state index in [2.05, 4.69) is 115 Å². The Labute approximate surface area is 175 Å². The third kappa shape index (κ3) is 2.49. The zero-order valence-corrected chi connectivity index (χ0v) is 16.5. The second kappa shape index (κ2) is 6.60. The fourth-order valence-corrected chi connectivity index (χ4v) is 4.64. The van der Waals surface area contributed by atoms with Crippen LogP contribution in [0.15, 0.2) is 115 Å². The normalized spacial score (nSPS) is 17.6. The zero-order chi connectivity index (χ0) is 20.0. The molecule has 30 heavy (non-hydrogen) atoms. The first kappa shape index (κ1) is 17.1. The van der Waals surface area contributed by atoms with Crippen molar-refractivity contribution in [2.24, 2.45) is 0 Å². The summed E-state index contributed by atoms with van der Waals surface area (Å²) in [7, 11) is 0. The zero-order valence-electron chi connectivity index (χ0n) is 16.5. The van der Waals surface area contributed by atoms with E-state index in [0.29, 0.717) is 0 Å². The van der Waals surface area contributed by atoms with Crippen LogP contribution in [0, 0.1) is 0 Å². The summed E-state index contributed by atoms with van der Waals surface area (Å²) in [6.45, 7) is 0. The molecule has 1 atom stereocenters. The van der Waals surface area contributed by atoms with E-state index < -0.39 is 5.60 Å². The van der Waals surface area contributed by atoms with Gasteiger partial charge in [-0.3, -0.25) is 0 Å². The van der Waals surface area contributed by atoms with Crippen molar-refractivity contribution in [2.45, 2.75) is 5.60 Å². The van der Waals surface area contributed by atoms with Crippen molar-refractivity contribution in [2.75, 3.05) is 0 Å². The lowest BCUT2D eigenvalue weighted by Gasteiger charge is -2.37. The minimum absolute atomic E-state index is 0.683. The molecule has 5 aromatic carbocycles. The molecule has 0 amide bonds. The lowest BCUT2D eigenvalue weighted by Crippen LogP contribution is -2.34. The Morgan fingerprint density at radius 1 is 0.533 bits per heavy atom. The maximum absolute atomic E-state index is 6.92. The van der Waals surface area contributed by atoms with E-state index in [4.69, 9.17) is 4.74 Å². The molecule has 5 aromatic rings. The Bertz CT molecular complexity index is 1410. The van der Waals surface area contributed by atoms with Crippen LogP contribution in [0.5, 0.6) is 5.75 Å². The maximum atomic E-state index is 6.92. The van der Waals surface area contributed by atoms with E-state index in [9.17, 15) is 0 Å². The first-order chi connectivity index (χ1) is 14.9. The van der Waals surface area contributed by atoms with Crippen molar-refractivity contribution >= 4 is 27.6 Å². The quantitative estimate of drug-likeness (QED) is 0.309. The highest BCUT2D eigenvalue weighted by molar-refractivity contribution is 5.94. The largest absolute Gasteiger partial charge is 0.473 e. The smallest absolute Gasteiger partial charge is 0.178 e. The van der Waals surface area contributed by atoms with Crippen molar-refractivity contribution < 1.29 is 4.74 Å². The topological polar surface area (TPSA) is 9.23 Å². The van der Waals surface area contributed by atoms with Gasteiger partial charge in [0.05, 0.1) is 0 Å². The predicted molar refractivity (Wildman–Crippen MR) is 125 cm³/mol. The lowest BCUT2D eigenvalue weighted by atomic mass is 9.81. The van der Waals surface area contributed by atoms with Crippen LogP contribution in [0.25, 0.3) is 27.6 Å². The van der Waals surface area contributed by atoms with Gasteiger partial charge in [0.2, 0.25) is 0 Å². The maximum Gasteiger partial charge on any atom is 0.178 e. The Morgan fingerprint density at radius 3 is 2.03 bits per heavy atom. The molecule has 1 heteroatoms. The molecule has 0 aliphatic carbocycles. The van der Waals surface area contributed by atoms with Crippen LogP contribution in [0.1, 0.15) is 16.7 Å². The van der Waals surface area contributed by atoms with Gasteiger partial charge < -0.3 is 4.74 Å². The van der Waals surface area contributed by atoms with E-state index in [0.717, 1.165) is 22.4 Å². The minimum atomic E-state index is -0.683. The number of benzene rings is 5. The summed E-state index contributed by atoms with van der Waals surface area (Å²) in [6, 6.07) is 38.2. The molecule has 0 bridgehead atoms. The van der Waals surface area contributed by atoms with Crippen LogP contribution in [-0.2, 0) is 5.60 Å². The van der Waals surface area contributed by atoms with E-state index in [1.54, 1.807) is 0 Å². The molecule has 142 valence electrons. The number of hydrogen-bond acceptors (Lipinski definition) is 1. The minimum Gasteiger partial charge on any atom is -0.473 e. The van der Waals surface area contributed by atoms with Gasteiger partial charge in [-0.2, -0.15) is 0 Å². The molecule has 1 aliphatic rings. The fraction of sp³-hybridized carbons (Fsp3) is 0.0345. The summed E-state index contributed by atoms with van der Waals surface area (Å²) in [4.78, 5) is 0. The second-order valence-corrected chi connectivity index (χ2v) is 7.76. The Balaban J connectivity index is 1.65. The lowest BCUT2D eigenvalue weighted by molar-refractivity contribution is 0.163. The fourth-order valence-electron chi connectivity index (χ4n) is 4.64. The monoisotopic (exact) mass is 384 g/mol. The summed E-state index contributed by atoms with van der Waals surface area (Å²) in [5, 5.41) is 4.86. The Kier molecular flexibility index (Phi) is 3.75. The average Bonchev–Trinajstić information content (AvgIpc) is 2.83. The van der Waals surface area contributed by atoms with Crippen LogP contribution in [-0.4, -0.2) is 0 Å². The molecule has 0 spiro atoms. The van der Waals surface area contributed by atoms with Gasteiger partial charge in [0.25, 0.3) is 0 Å². The molecule has 6 rings (SSSR count). The highest BCUT2D eigenvalue weighted by Gasteiger charge is 2.38.